The summed E-state index contributed by atoms with van der Waals surface area (Å²) in [5, 5.41) is 2.73. The summed E-state index contributed by atoms with van der Waals surface area (Å²) in [4.78, 5) is 11.8. The molecule has 2 aromatic rings. The molecule has 0 heterocycles. The average molecular weight is 302 g/mol. The molecule has 0 fully saturated rings. The molecule has 1 N–H and O–H groups in total. The number of carbonyl (C=O) groups excluding carboxylic acids is 1. The van der Waals surface area contributed by atoms with Gasteiger partial charge in [0.05, 0.1) is 0 Å². The zero-order valence-electron chi connectivity index (χ0n) is 9.64. The summed E-state index contributed by atoms with van der Waals surface area (Å²) in [6.07, 6.45) is 3.51. The maximum atomic E-state index is 11.8. The zero-order chi connectivity index (χ0) is 12.8. The minimum Gasteiger partial charge on any atom is -0.329 e. The maximum Gasteiger partial charge on any atom is 0.255 e. The van der Waals surface area contributed by atoms with Gasteiger partial charge in [-0.05, 0) is 29.8 Å². The Bertz CT molecular complexity index is 564. The van der Waals surface area contributed by atoms with E-state index in [2.05, 4.69) is 21.2 Å². The van der Waals surface area contributed by atoms with Crippen LogP contribution in [0, 0.1) is 0 Å². The maximum absolute atomic E-state index is 11.8. The number of halogens is 1. The van der Waals surface area contributed by atoms with Crippen LogP contribution in [0.1, 0.15) is 15.9 Å². The second-order valence-electron chi connectivity index (χ2n) is 3.73. The molecule has 0 spiro atoms. The van der Waals surface area contributed by atoms with E-state index < -0.39 is 0 Å². The van der Waals surface area contributed by atoms with Crippen LogP contribution in [0.3, 0.4) is 0 Å². The fourth-order valence-electron chi connectivity index (χ4n) is 1.49. The first-order valence-electron chi connectivity index (χ1n) is 5.54. The third-order valence-corrected chi connectivity index (χ3v) is 2.87. The summed E-state index contributed by atoms with van der Waals surface area (Å²) in [6.45, 7) is 0. The van der Waals surface area contributed by atoms with E-state index in [4.69, 9.17) is 0 Å². The predicted octanol–water partition coefficient (Wildman–Crippen LogP) is 3.85. The summed E-state index contributed by atoms with van der Waals surface area (Å²) in [7, 11) is 0. The first-order valence-corrected chi connectivity index (χ1v) is 6.33. The number of hydrogen-bond acceptors (Lipinski definition) is 1. The number of hydrogen-bond donors (Lipinski definition) is 1. The highest BCUT2D eigenvalue weighted by Crippen LogP contribution is 2.11. The monoisotopic (exact) mass is 301 g/mol. The minimum absolute atomic E-state index is 0.122. The first-order chi connectivity index (χ1) is 8.75. The Balaban J connectivity index is 1.99. The number of amides is 1. The number of benzene rings is 2. The third-order valence-electron chi connectivity index (χ3n) is 2.38. The van der Waals surface area contributed by atoms with E-state index in [1.165, 1.54) is 0 Å². The summed E-state index contributed by atoms with van der Waals surface area (Å²) < 4.78 is 0.891. The molecular weight excluding hydrogens is 290 g/mol. The van der Waals surface area contributed by atoms with Crippen LogP contribution in [0.25, 0.3) is 6.08 Å². The Hall–Kier alpha value is -1.87. The van der Waals surface area contributed by atoms with Gasteiger partial charge in [0.1, 0.15) is 0 Å². The molecule has 2 rings (SSSR count). The largest absolute Gasteiger partial charge is 0.329 e. The van der Waals surface area contributed by atoms with Gasteiger partial charge in [0, 0.05) is 16.2 Å². The van der Waals surface area contributed by atoms with Crippen molar-refractivity contribution in [3.63, 3.8) is 0 Å². The Labute approximate surface area is 114 Å². The van der Waals surface area contributed by atoms with Crippen LogP contribution in [0.2, 0.25) is 0 Å². The molecule has 0 aromatic heterocycles. The summed E-state index contributed by atoms with van der Waals surface area (Å²) in [6, 6.07) is 17.1. The molecule has 2 aromatic carbocycles. The molecule has 0 aliphatic carbocycles. The van der Waals surface area contributed by atoms with Crippen LogP contribution in [-0.2, 0) is 0 Å². The molecule has 0 atom stereocenters. The van der Waals surface area contributed by atoms with Crippen LogP contribution in [0.5, 0.6) is 0 Å². The van der Waals surface area contributed by atoms with Gasteiger partial charge >= 0.3 is 0 Å². The Kier molecular flexibility index (Phi) is 4.31. The lowest BCUT2D eigenvalue weighted by Gasteiger charge is -2.00. The van der Waals surface area contributed by atoms with E-state index in [1.807, 2.05) is 48.5 Å². The van der Waals surface area contributed by atoms with Gasteiger partial charge in [-0.1, -0.05) is 52.3 Å². The minimum atomic E-state index is -0.122. The fourth-order valence-corrected chi connectivity index (χ4v) is 1.89. The van der Waals surface area contributed by atoms with Crippen LogP contribution in [0.4, 0.5) is 0 Å². The van der Waals surface area contributed by atoms with Crippen LogP contribution in [-0.4, -0.2) is 5.91 Å². The molecule has 2 nitrogen and oxygen atoms in total. The van der Waals surface area contributed by atoms with E-state index >= 15 is 0 Å². The Morgan fingerprint density at radius 2 is 1.83 bits per heavy atom. The lowest BCUT2D eigenvalue weighted by atomic mass is 10.2. The second-order valence-corrected chi connectivity index (χ2v) is 4.64. The topological polar surface area (TPSA) is 29.1 Å². The fraction of sp³-hybridized carbons (Fsp3) is 0. The van der Waals surface area contributed by atoms with E-state index in [1.54, 1.807) is 18.3 Å². The van der Waals surface area contributed by atoms with Crippen LogP contribution in [0.15, 0.2) is 65.3 Å². The lowest BCUT2D eigenvalue weighted by Crippen LogP contribution is -2.16. The Morgan fingerprint density at radius 1 is 1.06 bits per heavy atom. The molecule has 0 saturated carbocycles. The second kappa shape index (κ2) is 6.17. The van der Waals surface area contributed by atoms with E-state index in [9.17, 15) is 4.79 Å². The molecule has 90 valence electrons. The number of nitrogens with one attached hydrogen (secondary N) is 1. The molecule has 18 heavy (non-hydrogen) atoms. The standard InChI is InChI=1S/C15H12BrNO/c16-14-8-4-7-13(11-14)15(18)17-10-9-12-5-2-1-3-6-12/h1-11H,(H,17,18). The average Bonchev–Trinajstić information content (AvgIpc) is 2.40. The summed E-state index contributed by atoms with van der Waals surface area (Å²) >= 11 is 3.34. The van der Waals surface area contributed by atoms with Gasteiger partial charge in [-0.2, -0.15) is 0 Å². The molecule has 0 aliphatic heterocycles. The SMILES string of the molecule is O=C(NC=Cc1ccccc1)c1cccc(Br)c1. The molecule has 0 aliphatic rings. The predicted molar refractivity (Wildman–Crippen MR) is 77.1 cm³/mol. The smallest absolute Gasteiger partial charge is 0.255 e. The molecule has 0 saturated heterocycles. The van der Waals surface area contributed by atoms with Gasteiger partial charge < -0.3 is 5.32 Å². The number of rotatable bonds is 3. The van der Waals surface area contributed by atoms with Crippen molar-refractivity contribution in [3.05, 3.63) is 76.4 Å². The Morgan fingerprint density at radius 3 is 2.56 bits per heavy atom. The van der Waals surface area contributed by atoms with Gasteiger partial charge in [0.15, 0.2) is 0 Å². The third kappa shape index (κ3) is 3.57. The van der Waals surface area contributed by atoms with Crippen molar-refractivity contribution in [3.8, 4) is 0 Å². The van der Waals surface area contributed by atoms with Crippen molar-refractivity contribution in [2.45, 2.75) is 0 Å². The molecule has 3 heteroatoms. The van der Waals surface area contributed by atoms with Crippen molar-refractivity contribution < 1.29 is 4.79 Å². The van der Waals surface area contributed by atoms with Gasteiger partial charge in [-0.15, -0.1) is 0 Å². The molecule has 1 amide bonds. The van der Waals surface area contributed by atoms with E-state index in [0.29, 0.717) is 5.56 Å². The molecule has 0 unspecified atom stereocenters. The normalized spacial score (nSPS) is 10.5. The van der Waals surface area contributed by atoms with Crippen molar-refractivity contribution in [2.75, 3.05) is 0 Å². The quantitative estimate of drug-likeness (QED) is 0.916. The zero-order valence-corrected chi connectivity index (χ0v) is 11.2. The highest BCUT2D eigenvalue weighted by atomic mass is 79.9. The van der Waals surface area contributed by atoms with E-state index in [-0.39, 0.29) is 5.91 Å². The number of carbonyl (C=O) groups is 1. The highest BCUT2D eigenvalue weighted by Gasteiger charge is 2.02. The lowest BCUT2D eigenvalue weighted by molar-refractivity contribution is 0.0970. The van der Waals surface area contributed by atoms with Crippen molar-refractivity contribution in [1.82, 2.24) is 5.32 Å². The summed E-state index contributed by atoms with van der Waals surface area (Å²) in [5.41, 5.74) is 1.68. The van der Waals surface area contributed by atoms with Gasteiger partial charge in [0.25, 0.3) is 5.91 Å². The van der Waals surface area contributed by atoms with Gasteiger partial charge in [0.2, 0.25) is 0 Å². The first kappa shape index (κ1) is 12.6. The molecule has 0 bridgehead atoms. The van der Waals surface area contributed by atoms with Crippen molar-refractivity contribution in [1.29, 1.82) is 0 Å². The highest BCUT2D eigenvalue weighted by molar-refractivity contribution is 9.10. The van der Waals surface area contributed by atoms with Crippen LogP contribution < -0.4 is 5.32 Å². The molecular formula is C15H12BrNO. The van der Waals surface area contributed by atoms with Crippen molar-refractivity contribution >= 4 is 27.9 Å². The van der Waals surface area contributed by atoms with Crippen molar-refractivity contribution in [2.24, 2.45) is 0 Å². The summed E-state index contributed by atoms with van der Waals surface area (Å²) in [5.74, 6) is -0.122. The van der Waals surface area contributed by atoms with Crippen LogP contribution >= 0.6 is 15.9 Å². The van der Waals surface area contributed by atoms with Gasteiger partial charge in [-0.3, -0.25) is 4.79 Å². The van der Waals surface area contributed by atoms with Gasteiger partial charge in [-0.25, -0.2) is 0 Å². The van der Waals surface area contributed by atoms with E-state index in [0.717, 1.165) is 10.0 Å². The molecule has 0 radical (unpaired) electrons.